The Morgan fingerprint density at radius 1 is 1.10 bits per heavy atom. The number of aryl methyl sites for hydroxylation is 3. The van der Waals surface area contributed by atoms with E-state index in [1.165, 1.54) is 35.1 Å². The molecule has 1 aliphatic rings. The molecule has 0 amide bonds. The third-order valence-electron chi connectivity index (χ3n) is 4.65. The molecule has 2 atom stereocenters. The fourth-order valence-corrected chi connectivity index (χ4v) is 3.54. The molecule has 1 N–H and O–H groups in total. The lowest BCUT2D eigenvalue weighted by Crippen LogP contribution is -2.33. The first kappa shape index (κ1) is 16.5. The Labute approximate surface area is 130 Å². The van der Waals surface area contributed by atoms with Crippen LogP contribution in [0.1, 0.15) is 68.8 Å². The Balaban J connectivity index is 2.46. The highest BCUT2D eigenvalue weighted by atomic mass is 16.5. The molecule has 0 aromatic heterocycles. The van der Waals surface area contributed by atoms with Gasteiger partial charge in [-0.25, -0.2) is 0 Å². The first-order chi connectivity index (χ1) is 10.2. The van der Waals surface area contributed by atoms with E-state index in [9.17, 15) is 0 Å². The van der Waals surface area contributed by atoms with Crippen LogP contribution in [0.15, 0.2) is 12.1 Å². The van der Waals surface area contributed by atoms with E-state index in [1.54, 1.807) is 0 Å². The molecule has 2 nitrogen and oxygen atoms in total. The van der Waals surface area contributed by atoms with Gasteiger partial charge < -0.3 is 10.1 Å². The molecule has 1 aromatic carbocycles. The Bertz CT molecular complexity index is 424. The lowest BCUT2D eigenvalue weighted by Gasteiger charge is -2.29. The van der Waals surface area contributed by atoms with Crippen LogP contribution in [0.4, 0.5) is 0 Å². The summed E-state index contributed by atoms with van der Waals surface area (Å²) in [5.74, 6) is 0. The van der Waals surface area contributed by atoms with Crippen LogP contribution in [-0.2, 0) is 24.0 Å². The first-order valence-electron chi connectivity index (χ1n) is 8.74. The molecule has 1 fully saturated rings. The van der Waals surface area contributed by atoms with Gasteiger partial charge in [0, 0.05) is 6.61 Å². The lowest BCUT2D eigenvalue weighted by atomic mass is 9.86. The highest BCUT2D eigenvalue weighted by Crippen LogP contribution is 2.33. The van der Waals surface area contributed by atoms with Gasteiger partial charge in [-0.2, -0.15) is 0 Å². The first-order valence-corrected chi connectivity index (χ1v) is 8.74. The van der Waals surface area contributed by atoms with Gasteiger partial charge in [-0.3, -0.25) is 0 Å². The van der Waals surface area contributed by atoms with Crippen molar-refractivity contribution in [2.75, 3.05) is 13.2 Å². The number of nitrogens with one attached hydrogen (secondary N) is 1. The van der Waals surface area contributed by atoms with Gasteiger partial charge in [0.25, 0.3) is 0 Å². The maximum Gasteiger partial charge on any atom is 0.0770 e. The predicted molar refractivity (Wildman–Crippen MR) is 90.0 cm³/mol. The number of rotatable bonds is 7. The normalized spacial score (nSPS) is 19.9. The molecule has 21 heavy (non-hydrogen) atoms. The number of ether oxygens (including phenoxy) is 1. The van der Waals surface area contributed by atoms with Crippen LogP contribution in [-0.4, -0.2) is 19.3 Å². The molecule has 1 heterocycles. The second-order valence-electron chi connectivity index (χ2n) is 5.98. The maximum atomic E-state index is 6.02. The number of hydrogen-bond donors (Lipinski definition) is 1. The van der Waals surface area contributed by atoms with Gasteiger partial charge in [-0.1, -0.05) is 39.8 Å². The summed E-state index contributed by atoms with van der Waals surface area (Å²) >= 11 is 0. The molecular formula is C19H31NO. The summed E-state index contributed by atoms with van der Waals surface area (Å²) in [7, 11) is 0. The maximum absolute atomic E-state index is 6.02. The van der Waals surface area contributed by atoms with Gasteiger partial charge in [0.1, 0.15) is 0 Å². The zero-order chi connectivity index (χ0) is 15.2. The van der Waals surface area contributed by atoms with Crippen LogP contribution in [0.2, 0.25) is 0 Å². The summed E-state index contributed by atoms with van der Waals surface area (Å²) in [6.45, 7) is 10.9. The van der Waals surface area contributed by atoms with Crippen molar-refractivity contribution in [3.05, 3.63) is 34.4 Å². The van der Waals surface area contributed by atoms with Gasteiger partial charge >= 0.3 is 0 Å². The average Bonchev–Trinajstić information content (AvgIpc) is 3.05. The number of benzene rings is 1. The van der Waals surface area contributed by atoms with E-state index in [0.717, 1.165) is 32.4 Å². The summed E-state index contributed by atoms with van der Waals surface area (Å²) < 4.78 is 6.02. The molecule has 2 unspecified atom stereocenters. The molecule has 1 saturated heterocycles. The van der Waals surface area contributed by atoms with Crippen LogP contribution < -0.4 is 5.32 Å². The molecular weight excluding hydrogens is 258 g/mol. The topological polar surface area (TPSA) is 21.3 Å². The molecule has 1 aliphatic heterocycles. The molecule has 0 saturated carbocycles. The number of likely N-dealkylation sites (N-methyl/N-ethyl adjacent to an activating group) is 1. The van der Waals surface area contributed by atoms with Crippen molar-refractivity contribution in [2.45, 2.75) is 71.9 Å². The predicted octanol–water partition coefficient (Wildman–Crippen LogP) is 4.20. The molecule has 0 radical (unpaired) electrons. The highest BCUT2D eigenvalue weighted by molar-refractivity contribution is 5.42. The van der Waals surface area contributed by atoms with E-state index in [2.05, 4.69) is 45.1 Å². The van der Waals surface area contributed by atoms with E-state index in [4.69, 9.17) is 4.74 Å². The SMILES string of the molecule is CCNC(c1c(CC)cc(CC)cc1CC)C1CCCO1. The zero-order valence-electron chi connectivity index (χ0n) is 14.2. The van der Waals surface area contributed by atoms with Gasteiger partial charge in [0.15, 0.2) is 0 Å². The molecule has 0 aliphatic carbocycles. The minimum absolute atomic E-state index is 0.341. The van der Waals surface area contributed by atoms with Crippen molar-refractivity contribution in [3.63, 3.8) is 0 Å². The monoisotopic (exact) mass is 289 g/mol. The average molecular weight is 289 g/mol. The van der Waals surface area contributed by atoms with E-state index in [1.807, 2.05) is 0 Å². The van der Waals surface area contributed by atoms with Crippen LogP contribution in [0.5, 0.6) is 0 Å². The Kier molecular flexibility index (Phi) is 6.25. The summed E-state index contributed by atoms with van der Waals surface area (Å²) in [5.41, 5.74) is 6.00. The third-order valence-corrected chi connectivity index (χ3v) is 4.65. The quantitative estimate of drug-likeness (QED) is 0.812. The smallest absolute Gasteiger partial charge is 0.0770 e. The van der Waals surface area contributed by atoms with Crippen molar-refractivity contribution in [1.29, 1.82) is 0 Å². The highest BCUT2D eigenvalue weighted by Gasteiger charge is 2.29. The summed E-state index contributed by atoms with van der Waals surface area (Å²) in [6, 6.07) is 5.18. The van der Waals surface area contributed by atoms with Crippen LogP contribution in [0.3, 0.4) is 0 Å². The van der Waals surface area contributed by atoms with E-state index in [0.29, 0.717) is 12.1 Å². The van der Waals surface area contributed by atoms with Crippen molar-refractivity contribution in [3.8, 4) is 0 Å². The minimum Gasteiger partial charge on any atom is -0.376 e. The molecule has 0 bridgehead atoms. The Morgan fingerprint density at radius 3 is 2.19 bits per heavy atom. The Morgan fingerprint density at radius 2 is 1.76 bits per heavy atom. The summed E-state index contributed by atoms with van der Waals surface area (Å²) in [4.78, 5) is 0. The molecule has 2 rings (SSSR count). The molecule has 2 heteroatoms. The standard InChI is InChI=1S/C19H31NO/c1-5-14-12-15(6-2)18(16(7-3)13-14)19(20-8-4)17-10-9-11-21-17/h12-13,17,19-20H,5-11H2,1-4H3. The van der Waals surface area contributed by atoms with Crippen molar-refractivity contribution >= 4 is 0 Å². The van der Waals surface area contributed by atoms with Gasteiger partial charge in [0.05, 0.1) is 12.1 Å². The fraction of sp³-hybridized carbons (Fsp3) is 0.684. The lowest BCUT2D eigenvalue weighted by molar-refractivity contribution is 0.0783. The van der Waals surface area contributed by atoms with Crippen LogP contribution >= 0.6 is 0 Å². The van der Waals surface area contributed by atoms with E-state index < -0.39 is 0 Å². The second-order valence-corrected chi connectivity index (χ2v) is 5.98. The van der Waals surface area contributed by atoms with Crippen LogP contribution in [0, 0.1) is 0 Å². The van der Waals surface area contributed by atoms with E-state index >= 15 is 0 Å². The van der Waals surface area contributed by atoms with Crippen molar-refractivity contribution in [1.82, 2.24) is 5.32 Å². The summed E-state index contributed by atoms with van der Waals surface area (Å²) in [5, 5.41) is 3.70. The second kappa shape index (κ2) is 7.95. The van der Waals surface area contributed by atoms with Crippen molar-refractivity contribution < 1.29 is 4.74 Å². The number of hydrogen-bond acceptors (Lipinski definition) is 2. The third kappa shape index (κ3) is 3.67. The zero-order valence-corrected chi connectivity index (χ0v) is 14.2. The van der Waals surface area contributed by atoms with Gasteiger partial charge in [-0.15, -0.1) is 0 Å². The minimum atomic E-state index is 0.341. The molecule has 1 aromatic rings. The van der Waals surface area contributed by atoms with Gasteiger partial charge in [0.2, 0.25) is 0 Å². The molecule has 0 spiro atoms. The van der Waals surface area contributed by atoms with E-state index in [-0.39, 0.29) is 0 Å². The Hall–Kier alpha value is -0.860. The van der Waals surface area contributed by atoms with Gasteiger partial charge in [-0.05, 0) is 60.9 Å². The largest absolute Gasteiger partial charge is 0.376 e. The molecule has 118 valence electrons. The van der Waals surface area contributed by atoms with Crippen molar-refractivity contribution in [2.24, 2.45) is 0 Å². The summed E-state index contributed by atoms with van der Waals surface area (Å²) in [6.07, 6.45) is 6.04. The fourth-order valence-electron chi connectivity index (χ4n) is 3.54. The van der Waals surface area contributed by atoms with Crippen LogP contribution in [0.25, 0.3) is 0 Å².